The minimum Gasteiger partial charge on any atom is -0.394 e. The normalized spacial score (nSPS) is 23.7. The number of hydrogen-bond donors (Lipinski definition) is 9. The Kier molecular flexibility index (Phi) is 53.0. The highest BCUT2D eigenvalue weighted by Gasteiger charge is 2.51. The van der Waals surface area contributed by atoms with Crippen LogP contribution in [0.3, 0.4) is 0 Å². The van der Waals surface area contributed by atoms with Gasteiger partial charge in [-0.1, -0.05) is 294 Å². The number of rotatable bonds is 59. The monoisotopic (exact) mass is 1220 g/mol. The van der Waals surface area contributed by atoms with Crippen LogP contribution < -0.4 is 5.32 Å². The first-order valence-corrected chi connectivity index (χ1v) is 35.9. The van der Waals surface area contributed by atoms with Crippen LogP contribution in [0.2, 0.25) is 0 Å². The average molecular weight is 1220 g/mol. The van der Waals surface area contributed by atoms with Gasteiger partial charge in [0.25, 0.3) is 0 Å². The van der Waals surface area contributed by atoms with Gasteiger partial charge in [-0.2, -0.15) is 0 Å². The number of ether oxygens (including phenoxy) is 4. The van der Waals surface area contributed by atoms with Crippen LogP contribution in [0.1, 0.15) is 309 Å². The molecule has 2 aliphatic rings. The third kappa shape index (κ3) is 40.6. The maximum absolute atomic E-state index is 13.3. The maximum Gasteiger partial charge on any atom is 0.220 e. The van der Waals surface area contributed by atoms with Gasteiger partial charge in [0.15, 0.2) is 12.6 Å². The summed E-state index contributed by atoms with van der Waals surface area (Å²) >= 11 is 0. The van der Waals surface area contributed by atoms with E-state index in [1.54, 1.807) is 6.08 Å². The fourth-order valence-electron chi connectivity index (χ4n) is 11.8. The molecule has 0 bridgehead atoms. The van der Waals surface area contributed by atoms with Gasteiger partial charge in [0, 0.05) is 6.42 Å². The summed E-state index contributed by atoms with van der Waals surface area (Å²) in [5.74, 6) is -0.237. The molecule has 2 rings (SSSR count). The van der Waals surface area contributed by atoms with Crippen LogP contribution in [0.4, 0.5) is 0 Å². The Balaban J connectivity index is 1.67. The fourth-order valence-corrected chi connectivity index (χ4v) is 11.8. The summed E-state index contributed by atoms with van der Waals surface area (Å²) in [4.78, 5) is 13.3. The second-order valence-electron chi connectivity index (χ2n) is 25.4. The van der Waals surface area contributed by atoms with Crippen molar-refractivity contribution in [2.45, 2.75) is 383 Å². The molecule has 0 aromatic rings. The van der Waals surface area contributed by atoms with Gasteiger partial charge >= 0.3 is 0 Å². The van der Waals surface area contributed by atoms with E-state index >= 15 is 0 Å². The molecule has 12 atom stereocenters. The van der Waals surface area contributed by atoms with Gasteiger partial charge in [0.05, 0.1) is 32.0 Å². The third-order valence-corrected chi connectivity index (χ3v) is 17.5. The van der Waals surface area contributed by atoms with E-state index in [1.165, 1.54) is 231 Å². The van der Waals surface area contributed by atoms with E-state index in [0.29, 0.717) is 6.42 Å². The fraction of sp³-hybridized carbons (Fsp3) is 0.875. The number of nitrogens with one attached hydrogen (secondary N) is 1. The van der Waals surface area contributed by atoms with Crippen molar-refractivity contribution < 1.29 is 64.6 Å². The molecule has 2 fully saturated rings. The van der Waals surface area contributed by atoms with Crippen molar-refractivity contribution in [3.05, 3.63) is 48.6 Å². The van der Waals surface area contributed by atoms with Crippen LogP contribution in [0.15, 0.2) is 48.6 Å². The highest BCUT2D eigenvalue weighted by atomic mass is 16.7. The van der Waals surface area contributed by atoms with Crippen molar-refractivity contribution in [1.82, 2.24) is 5.32 Å². The molecule has 86 heavy (non-hydrogen) atoms. The quantitative estimate of drug-likeness (QED) is 0.0204. The third-order valence-electron chi connectivity index (χ3n) is 17.5. The first-order valence-electron chi connectivity index (χ1n) is 35.9. The van der Waals surface area contributed by atoms with Gasteiger partial charge in [-0.25, -0.2) is 0 Å². The van der Waals surface area contributed by atoms with E-state index in [2.05, 4.69) is 55.6 Å². The molecule has 1 amide bonds. The molecule has 2 saturated heterocycles. The maximum atomic E-state index is 13.3. The zero-order valence-electron chi connectivity index (χ0n) is 54.8. The van der Waals surface area contributed by atoms with E-state index in [9.17, 15) is 45.6 Å². The standard InChI is InChI=1S/C72H133NO13/c1-3-5-7-9-11-13-15-17-19-21-23-25-27-28-29-30-31-32-34-36-38-40-42-44-46-48-50-52-54-56-64(77)73-60(59-83-71-69(82)67(80)70(63(58-75)85-71)86-72-68(81)66(79)65(78)62(57-74)84-72)61(76)55-53-51-49-47-45-43-41-39-37-35-33-26-24-22-20-18-16-14-12-10-8-6-4-2/h15,17,21,23,27-28,53,55,60-63,65-72,74-76,78-82H,3-14,16,18-20,22,24-26,29-52,54,56-59H2,1-2H3,(H,73,77)/b17-15-,23-21-,28-27-,55-53+. The lowest BCUT2D eigenvalue weighted by atomic mass is 9.97. The smallest absolute Gasteiger partial charge is 0.220 e. The van der Waals surface area contributed by atoms with E-state index in [-0.39, 0.29) is 18.9 Å². The molecule has 9 N–H and O–H groups in total. The zero-order chi connectivity index (χ0) is 62.3. The number of carbonyl (C=O) groups is 1. The second-order valence-corrected chi connectivity index (χ2v) is 25.4. The predicted octanol–water partition coefficient (Wildman–Crippen LogP) is 14.7. The molecule has 0 radical (unpaired) electrons. The molecule has 0 saturated carbocycles. The molecule has 504 valence electrons. The van der Waals surface area contributed by atoms with Crippen LogP contribution in [-0.2, 0) is 23.7 Å². The summed E-state index contributed by atoms with van der Waals surface area (Å²) < 4.78 is 22.9. The van der Waals surface area contributed by atoms with Crippen molar-refractivity contribution in [3.8, 4) is 0 Å². The minimum absolute atomic E-state index is 0.237. The van der Waals surface area contributed by atoms with Crippen molar-refractivity contribution in [1.29, 1.82) is 0 Å². The molecule has 0 aliphatic carbocycles. The molecular weight excluding hydrogens is 1090 g/mol. The van der Waals surface area contributed by atoms with Crippen LogP contribution in [0, 0.1) is 0 Å². The van der Waals surface area contributed by atoms with E-state index in [4.69, 9.17) is 18.9 Å². The Labute approximate surface area is 524 Å². The summed E-state index contributed by atoms with van der Waals surface area (Å²) in [6.07, 6.45) is 57.3. The largest absolute Gasteiger partial charge is 0.394 e. The minimum atomic E-state index is -1.79. The number of amides is 1. The summed E-state index contributed by atoms with van der Waals surface area (Å²) in [6, 6.07) is -0.917. The van der Waals surface area contributed by atoms with Crippen LogP contribution in [0.5, 0.6) is 0 Å². The Morgan fingerprint density at radius 2 is 0.767 bits per heavy atom. The van der Waals surface area contributed by atoms with E-state index in [0.717, 1.165) is 51.4 Å². The Hall–Kier alpha value is -2.05. The number of aliphatic hydroxyl groups excluding tert-OH is 8. The van der Waals surface area contributed by atoms with Crippen molar-refractivity contribution in [2.24, 2.45) is 0 Å². The molecule has 14 heteroatoms. The van der Waals surface area contributed by atoms with Crippen molar-refractivity contribution in [2.75, 3.05) is 19.8 Å². The predicted molar refractivity (Wildman–Crippen MR) is 351 cm³/mol. The SMILES string of the molecule is CCCCCCC/C=C\C/C=C\C/C=C\CCCCCCCCCCCCCCCCC(=O)NC(COC1OC(CO)C(OC2OC(CO)C(O)C(O)C2O)C(O)C1O)C(O)/C=C/CCCCCCCCCCCCCCCCCCCCCCC. The number of allylic oxidation sites excluding steroid dienone is 7. The van der Waals surface area contributed by atoms with Gasteiger partial charge < -0.3 is 65.1 Å². The zero-order valence-corrected chi connectivity index (χ0v) is 54.8. The molecule has 0 aromatic heterocycles. The lowest BCUT2D eigenvalue weighted by Gasteiger charge is -2.46. The highest BCUT2D eigenvalue weighted by Crippen LogP contribution is 2.30. The van der Waals surface area contributed by atoms with Crippen LogP contribution in [0.25, 0.3) is 0 Å². The van der Waals surface area contributed by atoms with E-state index in [1.807, 2.05) is 6.08 Å². The number of aliphatic hydroxyl groups is 8. The van der Waals surface area contributed by atoms with Gasteiger partial charge in [-0.3, -0.25) is 4.79 Å². The van der Waals surface area contributed by atoms with Gasteiger partial charge in [0.1, 0.15) is 48.8 Å². The second kappa shape index (κ2) is 56.9. The van der Waals surface area contributed by atoms with E-state index < -0.39 is 86.8 Å². The van der Waals surface area contributed by atoms with Gasteiger partial charge in [0.2, 0.25) is 5.91 Å². The van der Waals surface area contributed by atoms with Crippen molar-refractivity contribution >= 4 is 5.91 Å². The van der Waals surface area contributed by atoms with Gasteiger partial charge in [-0.05, 0) is 57.8 Å². The number of carbonyl (C=O) groups excluding carboxylic acids is 1. The Bertz CT molecular complexity index is 1630. The average Bonchev–Trinajstić information content (AvgIpc) is 2.53. The summed E-state index contributed by atoms with van der Waals surface area (Å²) in [5.41, 5.74) is 0. The van der Waals surface area contributed by atoms with Crippen LogP contribution in [-0.4, -0.2) is 140 Å². The molecule has 14 nitrogen and oxygen atoms in total. The van der Waals surface area contributed by atoms with Gasteiger partial charge in [-0.15, -0.1) is 0 Å². The lowest BCUT2D eigenvalue weighted by molar-refractivity contribution is -0.359. The molecule has 2 heterocycles. The Morgan fingerprint density at radius 1 is 0.419 bits per heavy atom. The summed E-state index contributed by atoms with van der Waals surface area (Å²) in [6.45, 7) is 2.83. The molecule has 2 aliphatic heterocycles. The molecule has 12 unspecified atom stereocenters. The highest BCUT2D eigenvalue weighted by molar-refractivity contribution is 5.76. The molecule has 0 aromatic carbocycles. The Morgan fingerprint density at radius 3 is 1.17 bits per heavy atom. The summed E-state index contributed by atoms with van der Waals surface area (Å²) in [5, 5.41) is 87.5. The topological polar surface area (TPSA) is 228 Å². The summed E-state index contributed by atoms with van der Waals surface area (Å²) in [7, 11) is 0. The number of unbranched alkanes of at least 4 members (excludes halogenated alkanes) is 40. The van der Waals surface area contributed by atoms with Crippen LogP contribution >= 0.6 is 0 Å². The number of hydrogen-bond acceptors (Lipinski definition) is 13. The molecule has 0 spiro atoms. The lowest BCUT2D eigenvalue weighted by Crippen LogP contribution is -2.65. The molecular formula is C72H133NO13. The first kappa shape index (κ1) is 80.0. The first-order chi connectivity index (χ1) is 42.1. The van der Waals surface area contributed by atoms with Crippen molar-refractivity contribution in [3.63, 3.8) is 0 Å².